The Morgan fingerprint density at radius 1 is 1.37 bits per heavy atom. The molecule has 1 aromatic carbocycles. The molecule has 0 saturated heterocycles. The number of rotatable bonds is 4. The smallest absolute Gasteiger partial charge is 0.236 e. The van der Waals surface area contributed by atoms with Gasteiger partial charge in [-0.15, -0.1) is 10.2 Å². The summed E-state index contributed by atoms with van der Waals surface area (Å²) in [5, 5.41) is 11.0. The number of nitrogens with one attached hydrogen (secondary N) is 1. The maximum atomic E-state index is 11.8. The fourth-order valence-corrected chi connectivity index (χ4v) is 3.60. The van der Waals surface area contributed by atoms with Gasteiger partial charge in [0.25, 0.3) is 0 Å². The summed E-state index contributed by atoms with van der Waals surface area (Å²) < 4.78 is 1.86. The van der Waals surface area contributed by atoms with Crippen LogP contribution in [0.2, 0.25) is 0 Å². The van der Waals surface area contributed by atoms with E-state index in [1.54, 1.807) is 5.51 Å². The summed E-state index contributed by atoms with van der Waals surface area (Å²) in [5.41, 5.74) is 2.55. The van der Waals surface area contributed by atoms with Gasteiger partial charge in [-0.3, -0.25) is 4.79 Å². The number of thiazole rings is 1. The van der Waals surface area contributed by atoms with E-state index in [-0.39, 0.29) is 5.91 Å². The van der Waals surface area contributed by atoms with Gasteiger partial charge in [0.2, 0.25) is 5.91 Å². The van der Waals surface area contributed by atoms with Crippen molar-refractivity contribution < 1.29 is 4.79 Å². The van der Waals surface area contributed by atoms with E-state index in [1.165, 1.54) is 34.4 Å². The molecule has 0 spiro atoms. The molecule has 0 aliphatic heterocycles. The molecule has 3 aromatic rings. The second-order valence-electron chi connectivity index (χ2n) is 3.53. The summed E-state index contributed by atoms with van der Waals surface area (Å²) in [6, 6.07) is 7.80. The molecule has 5 nitrogen and oxygen atoms in total. The highest BCUT2D eigenvalue weighted by atomic mass is 32.2. The normalized spacial score (nSPS) is 10.7. The van der Waals surface area contributed by atoms with Crippen molar-refractivity contribution in [2.75, 3.05) is 11.1 Å². The van der Waals surface area contributed by atoms with Crippen LogP contribution in [0, 0.1) is 0 Å². The molecule has 8 heteroatoms. The van der Waals surface area contributed by atoms with E-state index in [2.05, 4.69) is 20.5 Å². The zero-order chi connectivity index (χ0) is 13.1. The minimum absolute atomic E-state index is 0.0840. The number of carbonyl (C=O) groups excluding carboxylic acids is 1. The Balaban J connectivity index is 1.62. The maximum absolute atomic E-state index is 11.8. The number of amides is 1. The van der Waals surface area contributed by atoms with Crippen LogP contribution in [-0.2, 0) is 4.79 Å². The van der Waals surface area contributed by atoms with Crippen LogP contribution in [0.5, 0.6) is 0 Å². The number of para-hydroxylation sites is 1. The van der Waals surface area contributed by atoms with Gasteiger partial charge in [0.15, 0.2) is 9.47 Å². The van der Waals surface area contributed by atoms with Gasteiger partial charge < -0.3 is 5.32 Å². The van der Waals surface area contributed by atoms with Crippen LogP contribution < -0.4 is 5.32 Å². The van der Waals surface area contributed by atoms with Gasteiger partial charge in [-0.25, -0.2) is 4.98 Å². The molecule has 1 amide bonds. The van der Waals surface area contributed by atoms with E-state index in [4.69, 9.17) is 0 Å². The third kappa shape index (κ3) is 3.09. The predicted octanol–water partition coefficient (Wildman–Crippen LogP) is 2.88. The van der Waals surface area contributed by atoms with E-state index in [0.29, 0.717) is 10.9 Å². The molecule has 3 rings (SSSR count). The van der Waals surface area contributed by atoms with Gasteiger partial charge in [0.05, 0.1) is 16.0 Å². The van der Waals surface area contributed by atoms with Crippen molar-refractivity contribution >= 4 is 55.7 Å². The van der Waals surface area contributed by atoms with E-state index in [1.807, 2.05) is 24.3 Å². The molecule has 96 valence electrons. The van der Waals surface area contributed by atoms with Crippen molar-refractivity contribution in [3.8, 4) is 0 Å². The summed E-state index contributed by atoms with van der Waals surface area (Å²) in [5.74, 6) is 0.227. The summed E-state index contributed by atoms with van der Waals surface area (Å²) in [6.45, 7) is 0. The standard InChI is InChI=1S/C11H8N4OS3/c16-9(5-17-11-15-12-6-18-11)14-10-13-7-3-1-2-4-8(7)19-10/h1-4,6H,5H2,(H,13,14,16). The molecule has 0 atom stereocenters. The number of benzene rings is 1. The minimum atomic E-state index is -0.0840. The predicted molar refractivity (Wildman–Crippen MR) is 78.9 cm³/mol. The van der Waals surface area contributed by atoms with Crippen molar-refractivity contribution in [1.29, 1.82) is 0 Å². The summed E-state index contributed by atoms with van der Waals surface area (Å²) >= 11 is 4.27. The van der Waals surface area contributed by atoms with Crippen LogP contribution in [0.15, 0.2) is 34.1 Å². The Morgan fingerprint density at radius 2 is 2.26 bits per heavy atom. The Bertz CT molecular complexity index is 662. The minimum Gasteiger partial charge on any atom is -0.301 e. The molecule has 1 N–H and O–H groups in total. The molecule has 2 heterocycles. The van der Waals surface area contributed by atoms with Crippen LogP contribution >= 0.6 is 34.4 Å². The van der Waals surface area contributed by atoms with Crippen LogP contribution in [0.1, 0.15) is 0 Å². The van der Waals surface area contributed by atoms with Gasteiger partial charge in [-0.05, 0) is 12.1 Å². The number of hydrogen-bond acceptors (Lipinski definition) is 7. The van der Waals surface area contributed by atoms with Crippen molar-refractivity contribution in [2.45, 2.75) is 4.34 Å². The van der Waals surface area contributed by atoms with Crippen molar-refractivity contribution in [1.82, 2.24) is 15.2 Å². The Kier molecular flexibility index (Phi) is 3.72. The highest BCUT2D eigenvalue weighted by Crippen LogP contribution is 2.26. The molecule has 0 aliphatic rings. The third-order valence-corrected chi connectivity index (χ3v) is 5.02. The fourth-order valence-electron chi connectivity index (χ4n) is 1.43. The first-order chi connectivity index (χ1) is 9.31. The number of anilines is 1. The molecule has 0 bridgehead atoms. The van der Waals surface area contributed by atoms with E-state index in [0.717, 1.165) is 14.6 Å². The van der Waals surface area contributed by atoms with Crippen LogP contribution in [0.25, 0.3) is 10.2 Å². The highest BCUT2D eigenvalue weighted by Gasteiger charge is 2.09. The molecule has 0 unspecified atom stereocenters. The first-order valence-corrected chi connectivity index (χ1v) is 8.04. The number of hydrogen-bond donors (Lipinski definition) is 1. The molecular weight excluding hydrogens is 300 g/mol. The average Bonchev–Trinajstić information content (AvgIpc) is 3.04. The average molecular weight is 308 g/mol. The largest absolute Gasteiger partial charge is 0.301 e. The van der Waals surface area contributed by atoms with Gasteiger partial charge in [0, 0.05) is 0 Å². The lowest BCUT2D eigenvalue weighted by Crippen LogP contribution is -2.13. The summed E-state index contributed by atoms with van der Waals surface area (Å²) in [6.07, 6.45) is 0. The lowest BCUT2D eigenvalue weighted by atomic mass is 10.3. The van der Waals surface area contributed by atoms with Gasteiger partial charge in [-0.2, -0.15) is 0 Å². The quantitative estimate of drug-likeness (QED) is 0.751. The van der Waals surface area contributed by atoms with Gasteiger partial charge >= 0.3 is 0 Å². The molecule has 2 aromatic heterocycles. The number of carbonyl (C=O) groups is 1. The monoisotopic (exact) mass is 308 g/mol. The van der Waals surface area contributed by atoms with Crippen molar-refractivity contribution in [3.05, 3.63) is 29.8 Å². The zero-order valence-corrected chi connectivity index (χ0v) is 12.0. The van der Waals surface area contributed by atoms with E-state index < -0.39 is 0 Å². The third-order valence-electron chi connectivity index (χ3n) is 2.21. The second kappa shape index (κ2) is 5.64. The first kappa shape index (κ1) is 12.5. The summed E-state index contributed by atoms with van der Waals surface area (Å²) in [4.78, 5) is 16.1. The van der Waals surface area contributed by atoms with Crippen LogP contribution in [-0.4, -0.2) is 26.8 Å². The number of fused-ring (bicyclic) bond motifs is 1. The molecule has 0 radical (unpaired) electrons. The summed E-state index contributed by atoms with van der Waals surface area (Å²) in [7, 11) is 0. The lowest BCUT2D eigenvalue weighted by molar-refractivity contribution is -0.113. The van der Waals surface area contributed by atoms with Gasteiger partial charge in [-0.1, -0.05) is 46.6 Å². The number of aromatic nitrogens is 3. The fraction of sp³-hybridized carbons (Fsp3) is 0.0909. The lowest BCUT2D eigenvalue weighted by Gasteiger charge is -1.98. The highest BCUT2D eigenvalue weighted by molar-refractivity contribution is 8.01. The second-order valence-corrected chi connectivity index (χ2v) is 6.61. The zero-order valence-electron chi connectivity index (χ0n) is 9.57. The first-order valence-electron chi connectivity index (χ1n) is 5.35. The Morgan fingerprint density at radius 3 is 3.05 bits per heavy atom. The number of thioether (sulfide) groups is 1. The topological polar surface area (TPSA) is 67.8 Å². The van der Waals surface area contributed by atoms with Crippen molar-refractivity contribution in [2.24, 2.45) is 0 Å². The maximum Gasteiger partial charge on any atom is 0.236 e. The SMILES string of the molecule is O=C(CSc1nncs1)Nc1nc2ccccc2s1. The number of nitrogens with zero attached hydrogens (tertiary/aromatic N) is 3. The van der Waals surface area contributed by atoms with Crippen molar-refractivity contribution in [3.63, 3.8) is 0 Å². The van der Waals surface area contributed by atoms with Gasteiger partial charge in [0.1, 0.15) is 5.51 Å². The Hall–Kier alpha value is -1.51. The Labute approximate surface area is 121 Å². The molecular formula is C11H8N4OS3. The van der Waals surface area contributed by atoms with E-state index in [9.17, 15) is 4.79 Å². The molecule has 0 saturated carbocycles. The van der Waals surface area contributed by atoms with E-state index >= 15 is 0 Å². The van der Waals surface area contributed by atoms with Crippen LogP contribution in [0.4, 0.5) is 5.13 Å². The molecule has 0 aliphatic carbocycles. The molecule has 19 heavy (non-hydrogen) atoms. The molecule has 0 fully saturated rings. The van der Waals surface area contributed by atoms with Crippen LogP contribution in [0.3, 0.4) is 0 Å².